The Morgan fingerprint density at radius 1 is 1.42 bits per heavy atom. The maximum absolute atomic E-state index is 11.0. The fourth-order valence-corrected chi connectivity index (χ4v) is 1.52. The Hall–Kier alpha value is -1.23. The van der Waals surface area contributed by atoms with Gasteiger partial charge in [-0.1, -0.05) is 30.3 Å². The highest BCUT2D eigenvalue weighted by Crippen LogP contribution is 2.20. The van der Waals surface area contributed by atoms with Crippen molar-refractivity contribution in [2.75, 3.05) is 0 Å². The fraction of sp³-hybridized carbons (Fsp3) is 0.125. The van der Waals surface area contributed by atoms with E-state index in [-0.39, 0.29) is 0 Å². The lowest BCUT2D eigenvalue weighted by molar-refractivity contribution is -0.155. The maximum atomic E-state index is 11.0. The zero-order valence-electron chi connectivity index (χ0n) is 6.34. The molecule has 4 heteroatoms. The van der Waals surface area contributed by atoms with Crippen molar-refractivity contribution in [3.63, 3.8) is 0 Å². The summed E-state index contributed by atoms with van der Waals surface area (Å²) in [7, 11) is -1.74. The van der Waals surface area contributed by atoms with Gasteiger partial charge in [0, 0.05) is 4.74 Å². The highest BCUT2D eigenvalue weighted by molar-refractivity contribution is 7.38. The molecular formula is C8H7N2OP. The molecule has 1 unspecified atom stereocenters. The van der Waals surface area contributed by atoms with Gasteiger partial charge in [0.05, 0.1) is 0 Å². The predicted molar refractivity (Wildman–Crippen MR) is 45.1 cm³/mol. The Labute approximate surface area is 71.8 Å². The molecule has 60 valence electrons. The van der Waals surface area contributed by atoms with Crippen molar-refractivity contribution in [1.82, 2.24) is 0 Å². The van der Waals surface area contributed by atoms with Crippen LogP contribution < -0.4 is 4.89 Å². The van der Waals surface area contributed by atoms with Crippen molar-refractivity contribution in [1.29, 1.82) is 5.26 Å². The molecule has 0 bridgehead atoms. The Kier molecular flexibility index (Phi) is 3.40. The molecule has 0 radical (unpaired) electrons. The molecule has 1 atom stereocenters. The van der Waals surface area contributed by atoms with Crippen LogP contribution in [0.25, 0.3) is 0 Å². The average molecular weight is 178 g/mol. The van der Waals surface area contributed by atoms with Crippen LogP contribution in [0.15, 0.2) is 35.1 Å². The fourth-order valence-electron chi connectivity index (χ4n) is 0.825. The molecule has 0 aliphatic carbocycles. The van der Waals surface area contributed by atoms with E-state index in [0.717, 1.165) is 5.56 Å². The topological polar surface area (TPSA) is 59.2 Å². The Morgan fingerprint density at radius 2 is 2.08 bits per heavy atom. The van der Waals surface area contributed by atoms with E-state index in [4.69, 9.17) is 5.26 Å². The number of nitrogens with zero attached hydrogens (tertiary/aromatic N) is 2. The number of benzene rings is 1. The molecule has 12 heavy (non-hydrogen) atoms. The second-order valence-corrected chi connectivity index (χ2v) is 3.42. The second-order valence-electron chi connectivity index (χ2n) is 2.20. The van der Waals surface area contributed by atoms with Gasteiger partial charge in [-0.3, -0.25) is 0 Å². The summed E-state index contributed by atoms with van der Waals surface area (Å²) in [5, 5.41) is 8.11. The first-order chi connectivity index (χ1) is 5.83. The monoisotopic (exact) mass is 178 g/mol. The van der Waals surface area contributed by atoms with E-state index in [1.165, 1.54) is 6.19 Å². The first kappa shape index (κ1) is 8.86. The van der Waals surface area contributed by atoms with Crippen LogP contribution in [-0.2, 0) is 6.16 Å². The van der Waals surface area contributed by atoms with Crippen molar-refractivity contribution < 1.29 is 4.89 Å². The molecule has 0 saturated heterocycles. The zero-order chi connectivity index (χ0) is 8.81. The third-order valence-corrected chi connectivity index (χ3v) is 2.27. The molecule has 0 amide bonds. The second kappa shape index (κ2) is 4.61. The van der Waals surface area contributed by atoms with Gasteiger partial charge >= 0.3 is 0 Å². The van der Waals surface area contributed by atoms with Gasteiger partial charge in [-0.15, -0.1) is 0 Å². The Bertz CT molecular complexity index is 316. The predicted octanol–water partition coefficient (Wildman–Crippen LogP) is 1.61. The summed E-state index contributed by atoms with van der Waals surface area (Å²) in [6, 6.07) is 9.34. The summed E-state index contributed by atoms with van der Waals surface area (Å²) in [6.07, 6.45) is 1.88. The van der Waals surface area contributed by atoms with E-state index in [1.54, 1.807) is 0 Å². The normalized spacial score (nSPS) is 10.8. The number of hydrogen-bond acceptors (Lipinski definition) is 3. The average Bonchev–Trinajstić information content (AvgIpc) is 2.06. The molecule has 0 N–H and O–H groups in total. The highest BCUT2D eigenvalue weighted by Gasteiger charge is 1.99. The van der Waals surface area contributed by atoms with Gasteiger partial charge in [-0.05, 0) is 5.56 Å². The number of hydrogen-bond donors (Lipinski definition) is 0. The minimum Gasteiger partial charge on any atom is -0.611 e. The molecule has 0 spiro atoms. The lowest BCUT2D eigenvalue weighted by atomic mass is 10.2. The molecule has 1 aromatic carbocycles. The van der Waals surface area contributed by atoms with E-state index >= 15 is 0 Å². The first-order valence-electron chi connectivity index (χ1n) is 3.41. The van der Waals surface area contributed by atoms with Crippen LogP contribution in [0.4, 0.5) is 0 Å². The summed E-state index contributed by atoms with van der Waals surface area (Å²) in [5.74, 6) is 0. The summed E-state index contributed by atoms with van der Waals surface area (Å²) < 4.78 is 3.23. The van der Waals surface area contributed by atoms with Crippen molar-refractivity contribution in [2.45, 2.75) is 6.16 Å². The van der Waals surface area contributed by atoms with Crippen LogP contribution in [0.1, 0.15) is 5.56 Å². The molecule has 0 fully saturated rings. The minimum absolute atomic E-state index is 0.351. The van der Waals surface area contributed by atoms with Gasteiger partial charge in [0.15, 0.2) is 7.94 Å². The van der Waals surface area contributed by atoms with Crippen molar-refractivity contribution in [3.05, 3.63) is 35.9 Å². The van der Waals surface area contributed by atoms with Crippen LogP contribution in [0.5, 0.6) is 0 Å². The molecule has 0 saturated carbocycles. The largest absolute Gasteiger partial charge is 0.611 e. The lowest BCUT2D eigenvalue weighted by Crippen LogP contribution is -1.89. The van der Waals surface area contributed by atoms with E-state index in [0.29, 0.717) is 6.16 Å². The number of nitriles is 1. The van der Waals surface area contributed by atoms with Gasteiger partial charge < -0.3 is 4.89 Å². The van der Waals surface area contributed by atoms with Gasteiger partial charge in [0.25, 0.3) is 0 Å². The minimum atomic E-state index is -1.74. The summed E-state index contributed by atoms with van der Waals surface area (Å²) in [4.78, 5) is 11.0. The van der Waals surface area contributed by atoms with Crippen LogP contribution >= 0.6 is 7.94 Å². The van der Waals surface area contributed by atoms with Gasteiger partial charge in [-0.25, -0.2) is 0 Å². The van der Waals surface area contributed by atoms with Crippen LogP contribution in [0.2, 0.25) is 0 Å². The summed E-state index contributed by atoms with van der Waals surface area (Å²) >= 11 is 0. The van der Waals surface area contributed by atoms with Gasteiger partial charge in [0.2, 0.25) is 6.19 Å². The van der Waals surface area contributed by atoms with Crippen LogP contribution in [0, 0.1) is 11.5 Å². The first-order valence-corrected chi connectivity index (χ1v) is 4.81. The lowest BCUT2D eigenvalue weighted by Gasteiger charge is -1.93. The molecule has 0 aliphatic heterocycles. The molecule has 1 rings (SSSR count). The third kappa shape index (κ3) is 2.79. The zero-order valence-corrected chi connectivity index (χ0v) is 7.24. The number of rotatable bonds is 2. The standard InChI is InChI=1S/C8H7N2OP/c9-7-10-12(11)6-8-4-2-1-3-5-8/h1-5H,6H2. The van der Waals surface area contributed by atoms with E-state index < -0.39 is 7.94 Å². The van der Waals surface area contributed by atoms with Crippen LogP contribution in [0.3, 0.4) is 0 Å². The van der Waals surface area contributed by atoms with E-state index in [9.17, 15) is 4.89 Å². The van der Waals surface area contributed by atoms with Gasteiger partial charge in [0.1, 0.15) is 6.16 Å². The van der Waals surface area contributed by atoms with Gasteiger partial charge in [-0.2, -0.15) is 5.26 Å². The highest BCUT2D eigenvalue weighted by atomic mass is 31.1. The van der Waals surface area contributed by atoms with Crippen LogP contribution in [-0.4, -0.2) is 0 Å². The SMILES string of the molecule is N#CN=[P+]([O-])Cc1ccccc1. The summed E-state index contributed by atoms with van der Waals surface area (Å²) in [5.41, 5.74) is 0.942. The molecule has 0 aromatic heterocycles. The van der Waals surface area contributed by atoms with Crippen molar-refractivity contribution >= 4 is 7.94 Å². The molecule has 3 nitrogen and oxygen atoms in total. The molecular weight excluding hydrogens is 171 g/mol. The van der Waals surface area contributed by atoms with E-state index in [2.05, 4.69) is 4.74 Å². The summed E-state index contributed by atoms with van der Waals surface area (Å²) in [6.45, 7) is 0. The Morgan fingerprint density at radius 3 is 2.67 bits per heavy atom. The maximum Gasteiger partial charge on any atom is 0.249 e. The van der Waals surface area contributed by atoms with Crippen molar-refractivity contribution in [3.8, 4) is 6.19 Å². The molecule has 0 aliphatic rings. The van der Waals surface area contributed by atoms with Crippen molar-refractivity contribution in [2.24, 2.45) is 4.74 Å². The smallest absolute Gasteiger partial charge is 0.249 e. The Balaban J connectivity index is 2.66. The third-order valence-electron chi connectivity index (χ3n) is 1.32. The van der Waals surface area contributed by atoms with E-state index in [1.807, 2.05) is 30.3 Å². The molecule has 1 aromatic rings. The quantitative estimate of drug-likeness (QED) is 0.510. The molecule has 0 heterocycles.